The molecule has 0 bridgehead atoms. The second-order valence-electron chi connectivity index (χ2n) is 6.49. The van der Waals surface area contributed by atoms with Gasteiger partial charge in [-0.15, -0.1) is 0 Å². The van der Waals surface area contributed by atoms with Crippen molar-refractivity contribution in [1.29, 1.82) is 0 Å². The summed E-state index contributed by atoms with van der Waals surface area (Å²) in [5.74, 6) is 0. The lowest BCUT2D eigenvalue weighted by Crippen LogP contribution is -2.34. The first-order chi connectivity index (χ1) is 8.33. The molecular weight excluding hydrogens is 221 g/mol. The van der Waals surface area contributed by atoms with Crippen LogP contribution in [0.1, 0.15) is 34.1 Å². The summed E-state index contributed by atoms with van der Waals surface area (Å²) in [4.78, 5) is 0. The Hall–Kier alpha value is -0.955. The molecule has 98 valence electrons. The zero-order valence-electron chi connectivity index (χ0n) is 12.0. The summed E-state index contributed by atoms with van der Waals surface area (Å²) >= 11 is 0. The lowest BCUT2D eigenvalue weighted by atomic mass is 9.51. The monoisotopic (exact) mass is 245 g/mol. The van der Waals surface area contributed by atoms with Crippen molar-refractivity contribution in [2.75, 3.05) is 6.54 Å². The van der Waals surface area contributed by atoms with Gasteiger partial charge in [0.2, 0.25) is 0 Å². The highest BCUT2D eigenvalue weighted by Gasteiger charge is 2.50. The maximum Gasteiger partial charge on any atom is 0.328 e. The van der Waals surface area contributed by atoms with Crippen LogP contribution in [0.25, 0.3) is 0 Å². The van der Waals surface area contributed by atoms with E-state index in [0.717, 1.165) is 19.3 Å². The zero-order valence-corrected chi connectivity index (χ0v) is 12.0. The summed E-state index contributed by atoms with van der Waals surface area (Å²) in [7, 11) is 0. The lowest BCUT2D eigenvalue weighted by Gasteiger charge is -2.34. The van der Waals surface area contributed by atoms with Gasteiger partial charge in [-0.3, -0.25) is 0 Å². The van der Waals surface area contributed by atoms with E-state index in [0.29, 0.717) is 0 Å². The van der Waals surface area contributed by atoms with Crippen LogP contribution in [0, 0.1) is 5.41 Å². The van der Waals surface area contributed by atoms with Crippen molar-refractivity contribution in [2.45, 2.75) is 46.0 Å². The van der Waals surface area contributed by atoms with E-state index >= 15 is 0 Å². The topological polar surface area (TPSA) is 21.3 Å². The van der Waals surface area contributed by atoms with Crippen LogP contribution in [-0.4, -0.2) is 19.1 Å². The minimum absolute atomic E-state index is 0.0802. The fraction of sp³-hybridized carbons (Fsp3) is 0.600. The van der Waals surface area contributed by atoms with Crippen molar-refractivity contribution >= 4 is 6.92 Å². The Morgan fingerprint density at radius 2 is 2.06 bits per heavy atom. The van der Waals surface area contributed by atoms with Crippen LogP contribution in [-0.2, 0) is 4.65 Å². The molecule has 3 heteroatoms. The molecule has 0 atom stereocenters. The third kappa shape index (κ3) is 2.42. The Bertz CT molecular complexity index is 391. The van der Waals surface area contributed by atoms with Crippen LogP contribution in [0.3, 0.4) is 0 Å². The third-order valence-corrected chi connectivity index (χ3v) is 4.58. The van der Waals surface area contributed by atoms with Crippen molar-refractivity contribution in [2.24, 2.45) is 5.41 Å². The van der Waals surface area contributed by atoms with Gasteiger partial charge in [0.25, 0.3) is 0 Å². The van der Waals surface area contributed by atoms with Crippen LogP contribution in [0.15, 0.2) is 36.0 Å². The van der Waals surface area contributed by atoms with Crippen LogP contribution >= 0.6 is 0 Å². The normalized spacial score (nSPS) is 31.0. The quantitative estimate of drug-likeness (QED) is 0.715. The molecule has 0 radical (unpaired) electrons. The Labute approximate surface area is 111 Å². The number of allylic oxidation sites excluding steroid dienone is 3. The fourth-order valence-corrected chi connectivity index (χ4v) is 2.56. The summed E-state index contributed by atoms with van der Waals surface area (Å²) in [5.41, 5.74) is 2.59. The molecule has 1 fully saturated rings. The van der Waals surface area contributed by atoms with E-state index in [1.807, 2.05) is 6.20 Å². The smallest absolute Gasteiger partial charge is 0.328 e. The highest BCUT2D eigenvalue weighted by atomic mass is 16.5. The maximum absolute atomic E-state index is 6.29. The summed E-state index contributed by atoms with van der Waals surface area (Å²) in [6.07, 6.45) is 8.25. The fourth-order valence-electron chi connectivity index (χ4n) is 2.56. The first-order valence-corrected chi connectivity index (χ1v) is 6.79. The van der Waals surface area contributed by atoms with Crippen molar-refractivity contribution < 1.29 is 4.65 Å². The van der Waals surface area contributed by atoms with Crippen LogP contribution in [0.5, 0.6) is 0 Å². The van der Waals surface area contributed by atoms with E-state index in [1.165, 1.54) is 11.0 Å². The van der Waals surface area contributed by atoms with Gasteiger partial charge in [-0.1, -0.05) is 32.1 Å². The molecule has 0 saturated carbocycles. The molecular formula is C15H24BNO. The van der Waals surface area contributed by atoms with Gasteiger partial charge in [0.1, 0.15) is 0 Å². The second-order valence-corrected chi connectivity index (χ2v) is 6.49. The molecule has 2 heterocycles. The second kappa shape index (κ2) is 4.62. The highest BCUT2D eigenvalue weighted by Crippen LogP contribution is 2.47. The highest BCUT2D eigenvalue weighted by molar-refractivity contribution is 6.62. The molecule has 0 spiro atoms. The van der Waals surface area contributed by atoms with Gasteiger partial charge in [0.15, 0.2) is 0 Å². The molecule has 1 saturated heterocycles. The molecule has 0 aromatic carbocycles. The number of hydrogen-bond acceptors (Lipinski definition) is 2. The van der Waals surface area contributed by atoms with Crippen molar-refractivity contribution in [3.05, 3.63) is 36.0 Å². The van der Waals surface area contributed by atoms with E-state index < -0.39 is 0 Å². The summed E-state index contributed by atoms with van der Waals surface area (Å²) in [6, 6.07) is 0. The van der Waals surface area contributed by atoms with Gasteiger partial charge in [0, 0.05) is 6.54 Å². The van der Waals surface area contributed by atoms with Gasteiger partial charge in [-0.25, -0.2) is 0 Å². The summed E-state index contributed by atoms with van der Waals surface area (Å²) in [6.45, 7) is 14.3. The predicted molar refractivity (Wildman–Crippen MR) is 78.5 cm³/mol. The summed E-state index contributed by atoms with van der Waals surface area (Å²) in [5, 5.41) is 3.23. The molecule has 2 aliphatic heterocycles. The predicted octanol–water partition coefficient (Wildman–Crippen LogP) is 3.34. The standard InChI is InChI=1S/C15H24BNO/c1-12-8-10-17-9-6-7-13(12)16-11-14(2,3)15(4,5)18-16/h6-7,9,17H,1,8,10-11H2,2-5H3/b9-6-,13-7+. The van der Waals surface area contributed by atoms with Crippen molar-refractivity contribution in [1.82, 2.24) is 5.32 Å². The van der Waals surface area contributed by atoms with E-state index in [2.05, 4.69) is 51.7 Å². The minimum Gasteiger partial charge on any atom is -0.426 e. The van der Waals surface area contributed by atoms with Gasteiger partial charge < -0.3 is 9.97 Å². The zero-order chi connectivity index (χ0) is 13.4. The Kier molecular flexibility index (Phi) is 3.46. The summed E-state index contributed by atoms with van der Waals surface area (Å²) < 4.78 is 6.29. The maximum atomic E-state index is 6.29. The molecule has 0 unspecified atom stereocenters. The van der Waals surface area contributed by atoms with Crippen molar-refractivity contribution in [3.63, 3.8) is 0 Å². The Morgan fingerprint density at radius 1 is 1.33 bits per heavy atom. The molecule has 0 aromatic heterocycles. The number of hydrogen-bond donors (Lipinski definition) is 1. The average molecular weight is 245 g/mol. The van der Waals surface area contributed by atoms with Crippen LogP contribution < -0.4 is 5.32 Å². The molecule has 0 amide bonds. The number of nitrogens with one attached hydrogen (secondary N) is 1. The molecule has 2 aliphatic rings. The molecule has 1 N–H and O–H groups in total. The lowest BCUT2D eigenvalue weighted by molar-refractivity contribution is 0.0371. The molecule has 0 aliphatic carbocycles. The molecule has 18 heavy (non-hydrogen) atoms. The van der Waals surface area contributed by atoms with Crippen molar-refractivity contribution in [3.8, 4) is 0 Å². The minimum atomic E-state index is -0.0802. The van der Waals surface area contributed by atoms with E-state index in [-0.39, 0.29) is 17.9 Å². The van der Waals surface area contributed by atoms with Gasteiger partial charge in [-0.2, -0.15) is 0 Å². The SMILES string of the molecule is C=C1CCN/C=C\C=C/1B1CC(C)(C)C(C)(C)O1. The van der Waals surface area contributed by atoms with E-state index in [1.54, 1.807) is 0 Å². The number of rotatable bonds is 1. The molecule has 2 nitrogen and oxygen atoms in total. The van der Waals surface area contributed by atoms with E-state index in [9.17, 15) is 0 Å². The van der Waals surface area contributed by atoms with Crippen LogP contribution in [0.4, 0.5) is 0 Å². The molecule has 0 aromatic rings. The van der Waals surface area contributed by atoms with Crippen LogP contribution in [0.2, 0.25) is 6.32 Å². The average Bonchev–Trinajstić information content (AvgIpc) is 2.42. The molecule has 2 rings (SSSR count). The van der Waals surface area contributed by atoms with Gasteiger partial charge >= 0.3 is 6.92 Å². The van der Waals surface area contributed by atoms with E-state index in [4.69, 9.17) is 4.65 Å². The Morgan fingerprint density at radius 3 is 2.67 bits per heavy atom. The first-order valence-electron chi connectivity index (χ1n) is 6.79. The largest absolute Gasteiger partial charge is 0.426 e. The first kappa shape index (κ1) is 13.5. The van der Waals surface area contributed by atoms with Gasteiger partial charge in [0.05, 0.1) is 5.60 Å². The van der Waals surface area contributed by atoms with Gasteiger partial charge in [-0.05, 0) is 49.8 Å². The third-order valence-electron chi connectivity index (χ3n) is 4.58. The Balaban J connectivity index is 2.24.